The van der Waals surface area contributed by atoms with Crippen LogP contribution in [0.15, 0.2) is 0 Å². The van der Waals surface area contributed by atoms with Crippen LogP contribution >= 0.6 is 0 Å². The van der Waals surface area contributed by atoms with Crippen LogP contribution in [0.25, 0.3) is 0 Å². The molecular weight excluding hydrogens is 202 g/mol. The normalized spacial score (nSPS) is 15.9. The predicted octanol–water partition coefficient (Wildman–Crippen LogP) is 1.63. The summed E-state index contributed by atoms with van der Waals surface area (Å²) < 4.78 is 2.01. The van der Waals surface area contributed by atoms with Gasteiger partial charge in [0.15, 0.2) is 5.82 Å². The van der Waals surface area contributed by atoms with E-state index in [9.17, 15) is 0 Å². The van der Waals surface area contributed by atoms with Crippen molar-refractivity contribution < 1.29 is 0 Å². The highest BCUT2D eigenvalue weighted by Crippen LogP contribution is 2.34. The fraction of sp³-hybridized carbons (Fsp3) is 0.909. The summed E-state index contributed by atoms with van der Waals surface area (Å²) in [6.07, 6.45) is 4.84. The van der Waals surface area contributed by atoms with Crippen LogP contribution in [0.1, 0.15) is 51.4 Å². The van der Waals surface area contributed by atoms with Gasteiger partial charge in [-0.3, -0.25) is 4.90 Å². The van der Waals surface area contributed by atoms with Crippen LogP contribution in [-0.4, -0.2) is 38.2 Å². The minimum Gasteiger partial charge on any atom is -0.296 e. The topological polar surface area (TPSA) is 46.8 Å². The lowest BCUT2D eigenvalue weighted by Gasteiger charge is -2.19. The molecule has 0 saturated heterocycles. The van der Waals surface area contributed by atoms with Crippen molar-refractivity contribution in [2.45, 2.75) is 52.1 Å². The summed E-state index contributed by atoms with van der Waals surface area (Å²) in [6, 6.07) is 0.579. The van der Waals surface area contributed by atoms with Crippen molar-refractivity contribution in [1.29, 1.82) is 0 Å². The maximum absolute atomic E-state index is 4.14. The highest BCUT2D eigenvalue weighted by molar-refractivity contribution is 4.90. The van der Waals surface area contributed by atoms with Gasteiger partial charge in [-0.1, -0.05) is 13.8 Å². The monoisotopic (exact) mass is 223 g/mol. The Morgan fingerprint density at radius 2 is 1.94 bits per heavy atom. The smallest absolute Gasteiger partial charge is 0.165 e. The van der Waals surface area contributed by atoms with Crippen LogP contribution in [0.2, 0.25) is 0 Å². The summed E-state index contributed by atoms with van der Waals surface area (Å²) in [5.41, 5.74) is 0. The van der Waals surface area contributed by atoms with E-state index in [2.05, 4.69) is 34.3 Å². The number of aromatic nitrogens is 4. The van der Waals surface area contributed by atoms with Gasteiger partial charge >= 0.3 is 0 Å². The zero-order chi connectivity index (χ0) is 11.4. The molecule has 1 aliphatic rings. The third kappa shape index (κ3) is 2.78. The lowest BCUT2D eigenvalue weighted by Crippen LogP contribution is -2.26. The lowest BCUT2D eigenvalue weighted by molar-refractivity contribution is 0.254. The third-order valence-electron chi connectivity index (χ3n) is 2.90. The molecule has 5 heteroatoms. The fourth-order valence-electron chi connectivity index (χ4n) is 2.02. The van der Waals surface area contributed by atoms with E-state index in [1.165, 1.54) is 25.7 Å². The minimum atomic E-state index is 0.579. The summed E-state index contributed by atoms with van der Waals surface area (Å²) in [7, 11) is 0. The Labute approximate surface area is 96.8 Å². The Morgan fingerprint density at radius 1 is 1.25 bits per heavy atom. The average molecular weight is 223 g/mol. The van der Waals surface area contributed by atoms with Crippen LogP contribution < -0.4 is 0 Å². The van der Waals surface area contributed by atoms with Crippen molar-refractivity contribution in [3.63, 3.8) is 0 Å². The van der Waals surface area contributed by atoms with Crippen molar-refractivity contribution in [2.75, 3.05) is 13.1 Å². The maximum atomic E-state index is 4.14. The van der Waals surface area contributed by atoms with E-state index < -0.39 is 0 Å². The summed E-state index contributed by atoms with van der Waals surface area (Å²) in [4.78, 5) is 2.44. The molecule has 0 aromatic carbocycles. The molecule has 90 valence electrons. The van der Waals surface area contributed by atoms with Gasteiger partial charge in [0.25, 0.3) is 0 Å². The predicted molar refractivity (Wildman–Crippen MR) is 61.9 cm³/mol. The molecule has 16 heavy (non-hydrogen) atoms. The van der Waals surface area contributed by atoms with Gasteiger partial charge in [-0.05, 0) is 49.2 Å². The SMILES string of the molecule is CCCN(CCC)Cc1nnnn1C1CC1. The first-order valence-corrected chi connectivity index (χ1v) is 6.34. The van der Waals surface area contributed by atoms with Gasteiger partial charge in [0.1, 0.15) is 0 Å². The summed E-state index contributed by atoms with van der Waals surface area (Å²) in [5, 5.41) is 12.0. The van der Waals surface area contributed by atoms with Crippen molar-refractivity contribution in [3.05, 3.63) is 5.82 Å². The van der Waals surface area contributed by atoms with Crippen molar-refractivity contribution in [2.24, 2.45) is 0 Å². The number of hydrogen-bond acceptors (Lipinski definition) is 4. The van der Waals surface area contributed by atoms with Crippen molar-refractivity contribution in [3.8, 4) is 0 Å². The van der Waals surface area contributed by atoms with Gasteiger partial charge in [-0.25, -0.2) is 4.68 Å². The van der Waals surface area contributed by atoms with Crippen LogP contribution in [0, 0.1) is 0 Å². The first-order valence-electron chi connectivity index (χ1n) is 6.34. The summed E-state index contributed by atoms with van der Waals surface area (Å²) in [6.45, 7) is 7.58. The number of nitrogens with zero attached hydrogens (tertiary/aromatic N) is 5. The van der Waals surface area contributed by atoms with E-state index in [-0.39, 0.29) is 0 Å². The highest BCUT2D eigenvalue weighted by Gasteiger charge is 2.28. The third-order valence-corrected chi connectivity index (χ3v) is 2.90. The summed E-state index contributed by atoms with van der Waals surface area (Å²) >= 11 is 0. The molecule has 1 heterocycles. The van der Waals surface area contributed by atoms with Crippen LogP contribution in [-0.2, 0) is 6.54 Å². The molecule has 0 spiro atoms. The Balaban J connectivity index is 1.96. The largest absolute Gasteiger partial charge is 0.296 e. The van der Waals surface area contributed by atoms with Gasteiger partial charge in [-0.2, -0.15) is 0 Å². The Hall–Kier alpha value is -0.970. The first-order chi connectivity index (χ1) is 7.85. The van der Waals surface area contributed by atoms with E-state index in [1.807, 2.05) is 4.68 Å². The molecular formula is C11H21N5. The number of hydrogen-bond donors (Lipinski definition) is 0. The molecule has 2 rings (SSSR count). The molecule has 0 bridgehead atoms. The zero-order valence-corrected chi connectivity index (χ0v) is 10.3. The minimum absolute atomic E-state index is 0.579. The summed E-state index contributed by atoms with van der Waals surface area (Å²) in [5.74, 6) is 1.03. The van der Waals surface area contributed by atoms with Crippen LogP contribution in [0.3, 0.4) is 0 Å². The molecule has 5 nitrogen and oxygen atoms in total. The zero-order valence-electron chi connectivity index (χ0n) is 10.3. The molecule has 1 aromatic rings. The van der Waals surface area contributed by atoms with Gasteiger partial charge < -0.3 is 0 Å². The first kappa shape index (κ1) is 11.5. The highest BCUT2D eigenvalue weighted by atomic mass is 15.6. The second kappa shape index (κ2) is 5.39. The Kier molecular flexibility index (Phi) is 3.88. The second-order valence-corrected chi connectivity index (χ2v) is 4.55. The Morgan fingerprint density at radius 3 is 2.50 bits per heavy atom. The Bertz CT molecular complexity index is 312. The molecule has 1 aliphatic carbocycles. The van der Waals surface area contributed by atoms with Gasteiger partial charge in [0.2, 0.25) is 0 Å². The van der Waals surface area contributed by atoms with E-state index >= 15 is 0 Å². The quantitative estimate of drug-likeness (QED) is 0.705. The average Bonchev–Trinajstić information content (AvgIpc) is 3.01. The van der Waals surface area contributed by atoms with Crippen molar-refractivity contribution >= 4 is 0 Å². The van der Waals surface area contributed by atoms with Crippen LogP contribution in [0.5, 0.6) is 0 Å². The molecule has 1 aromatic heterocycles. The van der Waals surface area contributed by atoms with Gasteiger partial charge in [0, 0.05) is 0 Å². The second-order valence-electron chi connectivity index (χ2n) is 4.55. The molecule has 0 radical (unpaired) electrons. The fourth-order valence-corrected chi connectivity index (χ4v) is 2.02. The van der Waals surface area contributed by atoms with E-state index in [4.69, 9.17) is 0 Å². The van der Waals surface area contributed by atoms with Crippen molar-refractivity contribution in [1.82, 2.24) is 25.1 Å². The van der Waals surface area contributed by atoms with Gasteiger partial charge in [-0.15, -0.1) is 5.10 Å². The molecule has 0 unspecified atom stereocenters. The molecule has 1 saturated carbocycles. The molecule has 0 N–H and O–H groups in total. The van der Waals surface area contributed by atoms with Crippen LogP contribution in [0.4, 0.5) is 0 Å². The molecule has 0 atom stereocenters. The molecule has 1 fully saturated rings. The van der Waals surface area contributed by atoms with E-state index in [0.29, 0.717) is 6.04 Å². The maximum Gasteiger partial charge on any atom is 0.165 e. The van der Waals surface area contributed by atoms with E-state index in [0.717, 1.165) is 25.5 Å². The lowest BCUT2D eigenvalue weighted by atomic mass is 10.3. The number of tetrazole rings is 1. The van der Waals surface area contributed by atoms with E-state index in [1.54, 1.807) is 0 Å². The molecule has 0 aliphatic heterocycles. The number of rotatable bonds is 7. The molecule has 0 amide bonds. The standard InChI is InChI=1S/C11H21N5/c1-3-7-15(8-4-2)9-11-12-13-14-16(11)10-5-6-10/h10H,3-9H2,1-2H3. The van der Waals surface area contributed by atoms with Gasteiger partial charge in [0.05, 0.1) is 12.6 Å².